The van der Waals surface area contributed by atoms with Crippen molar-refractivity contribution in [1.29, 1.82) is 0 Å². The molecular weight excluding hydrogens is 474 g/mol. The number of carbonyl (C=O) groups excluding carboxylic acids is 1. The van der Waals surface area contributed by atoms with Crippen LogP contribution < -0.4 is 16.2 Å². The van der Waals surface area contributed by atoms with Crippen LogP contribution in [0.2, 0.25) is 5.02 Å². The van der Waals surface area contributed by atoms with Gasteiger partial charge in [0.25, 0.3) is 5.91 Å². The van der Waals surface area contributed by atoms with Gasteiger partial charge in [-0.25, -0.2) is 20.4 Å². The minimum absolute atomic E-state index is 0.124. The van der Waals surface area contributed by atoms with Crippen LogP contribution in [0.3, 0.4) is 0 Å². The smallest absolute Gasteiger partial charge is 0.263 e. The molecule has 5 heterocycles. The summed E-state index contributed by atoms with van der Waals surface area (Å²) >= 11 is 6.14. The van der Waals surface area contributed by atoms with E-state index < -0.39 is 18.4 Å². The summed E-state index contributed by atoms with van der Waals surface area (Å²) < 4.78 is 7.47. The third-order valence-corrected chi connectivity index (χ3v) is 5.66. The highest BCUT2D eigenvalue weighted by atomic mass is 35.5. The van der Waals surface area contributed by atoms with Crippen LogP contribution in [0.1, 0.15) is 18.3 Å². The molecule has 4 aromatic heterocycles. The largest absolute Gasteiger partial charge is 0.388 e. The molecular formula is C22H22ClN9O3. The molecule has 180 valence electrons. The van der Waals surface area contributed by atoms with Gasteiger partial charge >= 0.3 is 0 Å². The van der Waals surface area contributed by atoms with Crippen molar-refractivity contribution in [3.63, 3.8) is 0 Å². The number of anilines is 1. The Morgan fingerprint density at radius 2 is 2.17 bits per heavy atom. The van der Waals surface area contributed by atoms with Gasteiger partial charge in [-0.3, -0.25) is 24.8 Å². The molecule has 35 heavy (non-hydrogen) atoms. The third-order valence-electron chi connectivity index (χ3n) is 5.45. The van der Waals surface area contributed by atoms with E-state index in [-0.39, 0.29) is 12.3 Å². The SMILES string of the molecule is CNNC(=O)[C@@H]1C[C@@H](O)[C@H](n2cnc3c(NCc4ccccn4)nc(-c4cncc(Cl)c4)nc32)O1. The number of hydrogen-bond acceptors (Lipinski definition) is 10. The van der Waals surface area contributed by atoms with E-state index in [9.17, 15) is 9.90 Å². The van der Waals surface area contributed by atoms with E-state index in [2.05, 4.69) is 41.1 Å². The van der Waals surface area contributed by atoms with Gasteiger partial charge in [0.2, 0.25) is 0 Å². The summed E-state index contributed by atoms with van der Waals surface area (Å²) in [7, 11) is 1.58. The van der Waals surface area contributed by atoms with Crippen molar-refractivity contribution in [2.45, 2.75) is 31.4 Å². The lowest BCUT2D eigenvalue weighted by atomic mass is 10.2. The maximum Gasteiger partial charge on any atom is 0.263 e. The number of aliphatic hydroxyl groups is 1. The van der Waals surface area contributed by atoms with Crippen LogP contribution in [-0.4, -0.2) is 59.8 Å². The van der Waals surface area contributed by atoms with E-state index in [0.717, 1.165) is 5.69 Å². The van der Waals surface area contributed by atoms with Crippen LogP contribution in [0.15, 0.2) is 49.2 Å². The molecule has 1 aliphatic heterocycles. The fourth-order valence-corrected chi connectivity index (χ4v) is 4.01. The molecule has 0 bridgehead atoms. The number of aliphatic hydroxyl groups excluding tert-OH is 1. The van der Waals surface area contributed by atoms with Crippen molar-refractivity contribution in [2.24, 2.45) is 0 Å². The second-order valence-corrected chi connectivity index (χ2v) is 8.28. The number of aromatic nitrogens is 6. The van der Waals surface area contributed by atoms with Gasteiger partial charge in [0.1, 0.15) is 12.2 Å². The topological polar surface area (TPSA) is 152 Å². The van der Waals surface area contributed by atoms with Gasteiger partial charge in [0.15, 0.2) is 29.0 Å². The molecule has 13 heteroatoms. The van der Waals surface area contributed by atoms with Gasteiger partial charge in [-0.15, -0.1) is 0 Å². The van der Waals surface area contributed by atoms with Crippen LogP contribution in [-0.2, 0) is 16.1 Å². The van der Waals surface area contributed by atoms with Crippen molar-refractivity contribution in [3.05, 3.63) is 59.9 Å². The monoisotopic (exact) mass is 495 g/mol. The average Bonchev–Trinajstić information content (AvgIpc) is 3.46. The number of hydrazine groups is 1. The van der Waals surface area contributed by atoms with Gasteiger partial charge in [0.05, 0.1) is 23.6 Å². The molecule has 1 saturated heterocycles. The summed E-state index contributed by atoms with van der Waals surface area (Å²) in [5, 5.41) is 14.4. The second kappa shape index (κ2) is 9.88. The number of nitrogens with zero attached hydrogens (tertiary/aromatic N) is 6. The van der Waals surface area contributed by atoms with Crippen molar-refractivity contribution >= 4 is 34.5 Å². The second-order valence-electron chi connectivity index (χ2n) is 7.84. The van der Waals surface area contributed by atoms with Gasteiger partial charge in [-0.1, -0.05) is 17.7 Å². The Labute approximate surface area is 204 Å². The van der Waals surface area contributed by atoms with Crippen LogP contribution in [0.25, 0.3) is 22.6 Å². The van der Waals surface area contributed by atoms with E-state index in [1.807, 2.05) is 18.2 Å². The number of fused-ring (bicyclic) bond motifs is 1. The number of halogens is 1. The van der Waals surface area contributed by atoms with Gasteiger partial charge < -0.3 is 15.2 Å². The van der Waals surface area contributed by atoms with E-state index in [1.54, 1.807) is 30.1 Å². The van der Waals surface area contributed by atoms with Gasteiger partial charge in [-0.05, 0) is 18.2 Å². The first-order valence-electron chi connectivity index (χ1n) is 10.8. The van der Waals surface area contributed by atoms with Crippen LogP contribution >= 0.6 is 11.6 Å². The fourth-order valence-electron chi connectivity index (χ4n) is 3.84. The minimum Gasteiger partial charge on any atom is -0.388 e. The molecule has 0 unspecified atom stereocenters. The van der Waals surface area contributed by atoms with E-state index in [0.29, 0.717) is 39.9 Å². The highest BCUT2D eigenvalue weighted by Crippen LogP contribution is 2.33. The van der Waals surface area contributed by atoms with Crippen molar-refractivity contribution in [1.82, 2.24) is 40.3 Å². The molecule has 12 nitrogen and oxygen atoms in total. The molecule has 4 N–H and O–H groups in total. The van der Waals surface area contributed by atoms with Crippen molar-refractivity contribution in [3.8, 4) is 11.4 Å². The van der Waals surface area contributed by atoms with Crippen LogP contribution in [0.5, 0.6) is 0 Å². The Balaban J connectivity index is 1.55. The summed E-state index contributed by atoms with van der Waals surface area (Å²) in [4.78, 5) is 34.5. The van der Waals surface area contributed by atoms with E-state index in [4.69, 9.17) is 16.3 Å². The predicted molar refractivity (Wildman–Crippen MR) is 127 cm³/mol. The molecule has 5 rings (SSSR count). The van der Waals surface area contributed by atoms with E-state index in [1.165, 1.54) is 12.5 Å². The molecule has 0 aliphatic carbocycles. The highest BCUT2D eigenvalue weighted by molar-refractivity contribution is 6.30. The van der Waals surface area contributed by atoms with Crippen LogP contribution in [0, 0.1) is 0 Å². The predicted octanol–water partition coefficient (Wildman–Crippen LogP) is 1.45. The number of carbonyl (C=O) groups is 1. The molecule has 4 aromatic rings. The zero-order chi connectivity index (χ0) is 24.4. The van der Waals surface area contributed by atoms with Gasteiger partial charge in [-0.2, -0.15) is 0 Å². The first-order valence-corrected chi connectivity index (χ1v) is 11.2. The number of nitrogens with one attached hydrogen (secondary N) is 3. The molecule has 0 saturated carbocycles. The number of rotatable bonds is 7. The Hall–Kier alpha value is -3.71. The summed E-state index contributed by atoms with van der Waals surface area (Å²) in [5.74, 6) is 0.442. The first kappa shape index (κ1) is 23.1. The van der Waals surface area contributed by atoms with E-state index >= 15 is 0 Å². The fraction of sp³-hybridized carbons (Fsp3) is 0.273. The molecule has 1 amide bonds. The molecule has 1 aliphatic rings. The summed E-state index contributed by atoms with van der Waals surface area (Å²) in [6.07, 6.45) is 3.83. The van der Waals surface area contributed by atoms with Crippen LogP contribution in [0.4, 0.5) is 5.82 Å². The Morgan fingerprint density at radius 1 is 1.29 bits per heavy atom. The normalized spacial score (nSPS) is 19.7. The Morgan fingerprint density at radius 3 is 2.94 bits per heavy atom. The number of ether oxygens (including phenoxy) is 1. The van der Waals surface area contributed by atoms with Crippen molar-refractivity contribution < 1.29 is 14.6 Å². The molecule has 0 spiro atoms. The molecule has 3 atom stereocenters. The maximum atomic E-state index is 12.2. The Kier molecular flexibility index (Phi) is 6.51. The lowest BCUT2D eigenvalue weighted by Crippen LogP contribution is -2.41. The maximum absolute atomic E-state index is 12.2. The zero-order valence-electron chi connectivity index (χ0n) is 18.6. The lowest BCUT2D eigenvalue weighted by Gasteiger charge is -2.17. The molecule has 0 radical (unpaired) electrons. The molecule has 0 aromatic carbocycles. The average molecular weight is 496 g/mol. The standard InChI is InChI=1S/C22H22ClN9O3/c1-24-31-21(34)16-7-15(33)22(35-16)32-11-28-17-19(27-10-14-4-2-3-5-26-14)29-18(30-20(17)32)12-6-13(23)9-25-8-12/h2-6,8-9,11,15-16,22,24,33H,7,10H2,1H3,(H,31,34)(H,27,29,30)/t15-,16+,22-/m1/s1. The number of imidazole rings is 1. The zero-order valence-corrected chi connectivity index (χ0v) is 19.3. The van der Waals surface area contributed by atoms with Crippen molar-refractivity contribution in [2.75, 3.05) is 12.4 Å². The quantitative estimate of drug-likeness (QED) is 0.277. The summed E-state index contributed by atoms with van der Waals surface area (Å²) in [6, 6.07) is 7.34. The number of amides is 1. The number of hydrogen-bond donors (Lipinski definition) is 4. The Bertz CT molecular complexity index is 1350. The molecule has 1 fully saturated rings. The first-order chi connectivity index (χ1) is 17.0. The highest BCUT2D eigenvalue weighted by Gasteiger charge is 2.40. The third kappa shape index (κ3) is 4.77. The minimum atomic E-state index is -0.948. The summed E-state index contributed by atoms with van der Waals surface area (Å²) in [5.41, 5.74) is 7.36. The summed E-state index contributed by atoms with van der Waals surface area (Å²) in [6.45, 7) is 0.405. The number of pyridine rings is 2. The van der Waals surface area contributed by atoms with Gasteiger partial charge in [0, 0.05) is 37.6 Å². The lowest BCUT2D eigenvalue weighted by molar-refractivity contribution is -0.135.